The lowest BCUT2D eigenvalue weighted by molar-refractivity contribution is 0.661. The van der Waals surface area contributed by atoms with Gasteiger partial charge in [0.25, 0.3) is 0 Å². The topological polar surface area (TPSA) is 0 Å². The van der Waals surface area contributed by atoms with Crippen molar-refractivity contribution in [1.82, 2.24) is 0 Å². The van der Waals surface area contributed by atoms with Crippen LogP contribution in [0, 0.1) is 0 Å². The van der Waals surface area contributed by atoms with Gasteiger partial charge >= 0.3 is 0 Å². The zero-order chi connectivity index (χ0) is 4.41. The summed E-state index contributed by atoms with van der Waals surface area (Å²) in [7, 11) is 0. The van der Waals surface area contributed by atoms with Gasteiger partial charge < -0.3 is 0 Å². The van der Waals surface area contributed by atoms with Crippen molar-refractivity contribution in [3.05, 3.63) is 11.6 Å². The second kappa shape index (κ2) is 1.46. The smallest absolute Gasteiger partial charge is 0.0317 e. The van der Waals surface area contributed by atoms with Crippen LogP contribution in [0.3, 0.4) is 0 Å². The Balaban J connectivity index is 2.34. The fourth-order valence-corrected chi connectivity index (χ4v) is 0.670. The summed E-state index contributed by atoms with van der Waals surface area (Å²) in [6.07, 6.45) is 6.40. The average molecular weight is 82.1 g/mol. The molecule has 0 N–H and O–H groups in total. The molecule has 34 valence electrons. The molecule has 0 amide bonds. The van der Waals surface area contributed by atoms with Crippen LogP contribution in [-0.4, -0.2) is 0 Å². The van der Waals surface area contributed by atoms with Gasteiger partial charge in [-0.25, -0.2) is 0 Å². The van der Waals surface area contributed by atoms with Gasteiger partial charge in [-0.05, 0) is 26.2 Å². The van der Waals surface area contributed by atoms with Crippen LogP contribution in [0.25, 0.3) is 0 Å². The predicted molar refractivity (Wildman–Crippen MR) is 27.6 cm³/mol. The summed E-state index contributed by atoms with van der Waals surface area (Å²) in [5.41, 5.74) is 1.65. The minimum Gasteiger partial charge on any atom is -0.0885 e. The van der Waals surface area contributed by atoms with Gasteiger partial charge in [0, 0.05) is 0 Å². The SMILES string of the molecule is CC=C1CCC1. The van der Waals surface area contributed by atoms with Crippen molar-refractivity contribution in [1.29, 1.82) is 0 Å². The van der Waals surface area contributed by atoms with Crippen LogP contribution >= 0.6 is 0 Å². The summed E-state index contributed by atoms with van der Waals surface area (Å²) in [6, 6.07) is 0. The molecule has 0 heterocycles. The lowest BCUT2D eigenvalue weighted by Crippen LogP contribution is -1.94. The third-order valence-corrected chi connectivity index (χ3v) is 1.40. The average Bonchev–Trinajstić information content (AvgIpc) is 1.31. The third kappa shape index (κ3) is 0.469. The van der Waals surface area contributed by atoms with Crippen LogP contribution in [0.4, 0.5) is 0 Å². The summed E-state index contributed by atoms with van der Waals surface area (Å²) in [6.45, 7) is 2.12. The highest BCUT2D eigenvalue weighted by Crippen LogP contribution is 2.24. The second-order valence-electron chi connectivity index (χ2n) is 1.80. The Bertz CT molecular complexity index is 64.1. The van der Waals surface area contributed by atoms with Crippen molar-refractivity contribution in [3.63, 3.8) is 0 Å². The Morgan fingerprint density at radius 3 is 2.17 bits per heavy atom. The molecule has 0 unspecified atom stereocenters. The van der Waals surface area contributed by atoms with Crippen LogP contribution in [0.5, 0.6) is 0 Å². The fourth-order valence-electron chi connectivity index (χ4n) is 0.670. The van der Waals surface area contributed by atoms with Gasteiger partial charge in [0.15, 0.2) is 0 Å². The van der Waals surface area contributed by atoms with Gasteiger partial charge in [-0.3, -0.25) is 0 Å². The maximum atomic E-state index is 2.23. The van der Waals surface area contributed by atoms with Crippen LogP contribution in [0.15, 0.2) is 11.6 Å². The van der Waals surface area contributed by atoms with Crippen molar-refractivity contribution in [2.75, 3.05) is 0 Å². The molecule has 0 nitrogen and oxygen atoms in total. The summed E-state index contributed by atoms with van der Waals surface area (Å²) < 4.78 is 0. The predicted octanol–water partition coefficient (Wildman–Crippen LogP) is 2.12. The lowest BCUT2D eigenvalue weighted by Gasteiger charge is -2.13. The molecule has 0 aromatic rings. The van der Waals surface area contributed by atoms with Gasteiger partial charge in [-0.15, -0.1) is 0 Å². The first-order valence-electron chi connectivity index (χ1n) is 2.57. The summed E-state index contributed by atoms with van der Waals surface area (Å²) in [4.78, 5) is 0. The first-order valence-corrected chi connectivity index (χ1v) is 2.57. The van der Waals surface area contributed by atoms with Crippen molar-refractivity contribution in [3.8, 4) is 0 Å². The quantitative estimate of drug-likeness (QED) is 0.393. The van der Waals surface area contributed by atoms with Crippen LogP contribution < -0.4 is 0 Å². The largest absolute Gasteiger partial charge is 0.0885 e. The van der Waals surface area contributed by atoms with E-state index in [-0.39, 0.29) is 0 Å². The molecule has 1 saturated carbocycles. The highest BCUT2D eigenvalue weighted by Gasteiger charge is 2.04. The first kappa shape index (κ1) is 3.91. The van der Waals surface area contributed by atoms with E-state index in [2.05, 4.69) is 13.0 Å². The van der Waals surface area contributed by atoms with Gasteiger partial charge in [-0.2, -0.15) is 0 Å². The Kier molecular flexibility index (Phi) is 0.952. The van der Waals surface area contributed by atoms with Crippen molar-refractivity contribution in [2.24, 2.45) is 0 Å². The molecule has 0 bridgehead atoms. The van der Waals surface area contributed by atoms with E-state index in [0.29, 0.717) is 0 Å². The Labute approximate surface area is 38.9 Å². The fraction of sp³-hybridized carbons (Fsp3) is 0.667. The first-order chi connectivity index (χ1) is 2.93. The molecule has 6 heavy (non-hydrogen) atoms. The molecule has 1 rings (SSSR count). The number of hydrogen-bond acceptors (Lipinski definition) is 0. The van der Waals surface area contributed by atoms with Crippen LogP contribution in [-0.2, 0) is 0 Å². The molecule has 0 aromatic heterocycles. The molecule has 0 aromatic carbocycles. The summed E-state index contributed by atoms with van der Waals surface area (Å²) >= 11 is 0. The standard InChI is InChI=1S/C6H10/c1-2-6-4-3-5-6/h2H,3-5H2,1H3. The number of hydrogen-bond donors (Lipinski definition) is 0. The molecule has 1 aliphatic rings. The van der Waals surface area contributed by atoms with Crippen molar-refractivity contribution in [2.45, 2.75) is 26.2 Å². The molecule has 0 saturated heterocycles. The zero-order valence-electron chi connectivity index (χ0n) is 4.20. The van der Waals surface area contributed by atoms with E-state index < -0.39 is 0 Å². The third-order valence-electron chi connectivity index (χ3n) is 1.40. The van der Waals surface area contributed by atoms with E-state index in [1.807, 2.05) is 0 Å². The highest BCUT2D eigenvalue weighted by molar-refractivity contribution is 5.07. The minimum atomic E-state index is 1.37. The van der Waals surface area contributed by atoms with E-state index in [9.17, 15) is 0 Å². The molecule has 0 atom stereocenters. The van der Waals surface area contributed by atoms with Crippen molar-refractivity contribution >= 4 is 0 Å². The molecule has 0 heteroatoms. The molecule has 0 radical (unpaired) electrons. The van der Waals surface area contributed by atoms with Gasteiger partial charge in [-0.1, -0.05) is 11.6 Å². The maximum Gasteiger partial charge on any atom is -0.0317 e. The molecule has 1 aliphatic carbocycles. The van der Waals surface area contributed by atoms with Crippen LogP contribution in [0.2, 0.25) is 0 Å². The van der Waals surface area contributed by atoms with E-state index >= 15 is 0 Å². The second-order valence-corrected chi connectivity index (χ2v) is 1.80. The van der Waals surface area contributed by atoms with E-state index in [4.69, 9.17) is 0 Å². The number of allylic oxidation sites excluding steroid dienone is 2. The lowest BCUT2D eigenvalue weighted by atomic mass is 9.93. The minimum absolute atomic E-state index is 1.37. The van der Waals surface area contributed by atoms with Gasteiger partial charge in [0.2, 0.25) is 0 Å². The van der Waals surface area contributed by atoms with Gasteiger partial charge in [0.05, 0.1) is 0 Å². The Morgan fingerprint density at radius 1 is 1.50 bits per heavy atom. The molecule has 0 spiro atoms. The monoisotopic (exact) mass is 82.1 g/mol. The normalized spacial score (nSPS) is 19.8. The van der Waals surface area contributed by atoms with Crippen molar-refractivity contribution < 1.29 is 0 Å². The van der Waals surface area contributed by atoms with E-state index in [0.717, 1.165) is 0 Å². The Morgan fingerprint density at radius 2 is 2.17 bits per heavy atom. The molecule has 0 aliphatic heterocycles. The summed E-state index contributed by atoms with van der Waals surface area (Å²) in [5, 5.41) is 0. The molecular formula is C6H10. The number of rotatable bonds is 0. The molecular weight excluding hydrogens is 72.1 g/mol. The zero-order valence-corrected chi connectivity index (χ0v) is 4.20. The Hall–Kier alpha value is -0.260. The highest BCUT2D eigenvalue weighted by atomic mass is 14.1. The van der Waals surface area contributed by atoms with E-state index in [1.165, 1.54) is 19.3 Å². The van der Waals surface area contributed by atoms with Crippen LogP contribution in [0.1, 0.15) is 26.2 Å². The summed E-state index contributed by atoms with van der Waals surface area (Å²) in [5.74, 6) is 0. The maximum absolute atomic E-state index is 2.23. The van der Waals surface area contributed by atoms with Gasteiger partial charge in [0.1, 0.15) is 0 Å². The van der Waals surface area contributed by atoms with E-state index in [1.54, 1.807) is 5.57 Å². The molecule has 1 fully saturated rings.